The van der Waals surface area contributed by atoms with Gasteiger partial charge < -0.3 is 10.2 Å². The van der Waals surface area contributed by atoms with Crippen molar-refractivity contribution in [3.8, 4) is 0 Å². The van der Waals surface area contributed by atoms with E-state index >= 15 is 0 Å². The van der Waals surface area contributed by atoms with Gasteiger partial charge >= 0.3 is 0 Å². The minimum Gasteiger partial charge on any atom is -0.381 e. The molecule has 2 heterocycles. The van der Waals surface area contributed by atoms with E-state index in [4.69, 9.17) is 11.6 Å². The molecule has 0 saturated carbocycles. The standard InChI is InChI=1S/C19H22ClN3O/c1-14-5-4-10-23(13-14)19(24)18-11-16(8-9-21-18)22-12-15-6-2-3-7-17(15)20/h2-3,6-9,11,14H,4-5,10,12-13H2,1H3,(H,21,22). The lowest BCUT2D eigenvalue weighted by molar-refractivity contribution is 0.0677. The molecule has 126 valence electrons. The minimum absolute atomic E-state index is 0.0166. The SMILES string of the molecule is CC1CCCN(C(=O)c2cc(NCc3ccccc3Cl)ccn2)C1. The molecule has 1 unspecified atom stereocenters. The van der Waals surface area contributed by atoms with Gasteiger partial charge in [-0.25, -0.2) is 0 Å². The molecule has 5 heteroatoms. The number of hydrogen-bond acceptors (Lipinski definition) is 3. The number of aromatic nitrogens is 1. The zero-order valence-corrected chi connectivity index (χ0v) is 14.6. The first-order chi connectivity index (χ1) is 11.6. The van der Waals surface area contributed by atoms with Gasteiger partial charge in [-0.15, -0.1) is 0 Å². The molecule has 1 aromatic carbocycles. The van der Waals surface area contributed by atoms with Crippen LogP contribution in [0.15, 0.2) is 42.6 Å². The smallest absolute Gasteiger partial charge is 0.272 e. The summed E-state index contributed by atoms with van der Waals surface area (Å²) < 4.78 is 0. The van der Waals surface area contributed by atoms with Crippen LogP contribution in [0.5, 0.6) is 0 Å². The maximum Gasteiger partial charge on any atom is 0.272 e. The summed E-state index contributed by atoms with van der Waals surface area (Å²) in [6.45, 7) is 4.44. The number of nitrogens with one attached hydrogen (secondary N) is 1. The van der Waals surface area contributed by atoms with Crippen LogP contribution >= 0.6 is 11.6 Å². The molecule has 0 radical (unpaired) electrons. The molecule has 1 aliphatic heterocycles. The summed E-state index contributed by atoms with van der Waals surface area (Å²) in [7, 11) is 0. The van der Waals surface area contributed by atoms with Crippen molar-refractivity contribution in [3.05, 3.63) is 58.9 Å². The Hall–Kier alpha value is -2.07. The molecule has 0 bridgehead atoms. The number of halogens is 1. The topological polar surface area (TPSA) is 45.2 Å². The number of piperidine rings is 1. The number of likely N-dealkylation sites (tertiary alicyclic amines) is 1. The normalized spacial score (nSPS) is 17.6. The molecule has 1 aromatic heterocycles. The van der Waals surface area contributed by atoms with Crippen LogP contribution in [0.1, 0.15) is 35.8 Å². The third-order valence-electron chi connectivity index (χ3n) is 4.36. The highest BCUT2D eigenvalue weighted by atomic mass is 35.5. The highest BCUT2D eigenvalue weighted by Gasteiger charge is 2.22. The predicted molar refractivity (Wildman–Crippen MR) is 97.3 cm³/mol. The third-order valence-corrected chi connectivity index (χ3v) is 4.73. The number of hydrogen-bond donors (Lipinski definition) is 1. The van der Waals surface area contributed by atoms with Crippen LogP contribution in [0.2, 0.25) is 5.02 Å². The summed E-state index contributed by atoms with van der Waals surface area (Å²) in [4.78, 5) is 18.8. The van der Waals surface area contributed by atoms with Crippen LogP contribution in [0, 0.1) is 5.92 Å². The maximum absolute atomic E-state index is 12.6. The van der Waals surface area contributed by atoms with E-state index in [1.807, 2.05) is 41.3 Å². The summed E-state index contributed by atoms with van der Waals surface area (Å²) >= 11 is 6.17. The van der Waals surface area contributed by atoms with Crippen LogP contribution in [0.3, 0.4) is 0 Å². The first kappa shape index (κ1) is 16.8. The van der Waals surface area contributed by atoms with Gasteiger partial charge in [-0.1, -0.05) is 36.7 Å². The number of nitrogens with zero attached hydrogens (tertiary/aromatic N) is 2. The highest BCUT2D eigenvalue weighted by Crippen LogP contribution is 2.20. The van der Waals surface area contributed by atoms with Crippen molar-refractivity contribution < 1.29 is 4.79 Å². The molecular formula is C19H22ClN3O. The molecule has 1 saturated heterocycles. The minimum atomic E-state index is 0.0166. The molecule has 1 amide bonds. The third kappa shape index (κ3) is 4.06. The Bertz CT molecular complexity index is 719. The second-order valence-corrected chi connectivity index (χ2v) is 6.78. The van der Waals surface area contributed by atoms with E-state index in [0.717, 1.165) is 35.8 Å². The Labute approximate surface area is 147 Å². The van der Waals surface area contributed by atoms with Gasteiger partial charge in [0.05, 0.1) is 0 Å². The van der Waals surface area contributed by atoms with Crippen molar-refractivity contribution in [3.63, 3.8) is 0 Å². The molecule has 1 atom stereocenters. The first-order valence-corrected chi connectivity index (χ1v) is 8.74. The fourth-order valence-electron chi connectivity index (χ4n) is 3.03. The fourth-order valence-corrected chi connectivity index (χ4v) is 3.23. The van der Waals surface area contributed by atoms with E-state index in [1.54, 1.807) is 6.20 Å². The van der Waals surface area contributed by atoms with E-state index in [2.05, 4.69) is 17.2 Å². The Balaban J connectivity index is 1.67. The summed E-state index contributed by atoms with van der Waals surface area (Å²) in [5, 5.41) is 4.05. The Kier molecular flexibility index (Phi) is 5.36. The second-order valence-electron chi connectivity index (χ2n) is 6.37. The van der Waals surface area contributed by atoms with Gasteiger partial charge in [-0.3, -0.25) is 9.78 Å². The molecule has 0 spiro atoms. The van der Waals surface area contributed by atoms with Gasteiger partial charge in [0.15, 0.2) is 0 Å². The number of pyridine rings is 1. The molecular weight excluding hydrogens is 322 g/mol. The Morgan fingerprint density at radius 3 is 3.00 bits per heavy atom. The predicted octanol–water partition coefficient (Wildman–Crippen LogP) is 4.22. The van der Waals surface area contributed by atoms with Crippen molar-refractivity contribution in [1.29, 1.82) is 0 Å². The Morgan fingerprint density at radius 2 is 2.21 bits per heavy atom. The molecule has 1 N–H and O–H groups in total. The van der Waals surface area contributed by atoms with Crippen molar-refractivity contribution in [2.75, 3.05) is 18.4 Å². The largest absolute Gasteiger partial charge is 0.381 e. The molecule has 1 aliphatic rings. The zero-order valence-electron chi connectivity index (χ0n) is 13.8. The van der Waals surface area contributed by atoms with E-state index < -0.39 is 0 Å². The van der Waals surface area contributed by atoms with Crippen LogP contribution in [0.25, 0.3) is 0 Å². The Morgan fingerprint density at radius 1 is 1.38 bits per heavy atom. The van der Waals surface area contributed by atoms with E-state index in [9.17, 15) is 4.79 Å². The maximum atomic E-state index is 12.6. The summed E-state index contributed by atoms with van der Waals surface area (Å²) in [6, 6.07) is 11.4. The molecule has 2 aromatic rings. The van der Waals surface area contributed by atoms with Crippen molar-refractivity contribution in [2.45, 2.75) is 26.3 Å². The van der Waals surface area contributed by atoms with Crippen LogP contribution in [0.4, 0.5) is 5.69 Å². The summed E-state index contributed by atoms with van der Waals surface area (Å²) in [6.07, 6.45) is 3.93. The lowest BCUT2D eigenvalue weighted by Gasteiger charge is -2.30. The van der Waals surface area contributed by atoms with Crippen LogP contribution < -0.4 is 5.32 Å². The molecule has 24 heavy (non-hydrogen) atoms. The number of benzene rings is 1. The lowest BCUT2D eigenvalue weighted by atomic mass is 10.00. The van der Waals surface area contributed by atoms with Gasteiger partial charge in [-0.05, 0) is 42.5 Å². The molecule has 0 aliphatic carbocycles. The van der Waals surface area contributed by atoms with Crippen molar-refractivity contribution in [2.24, 2.45) is 5.92 Å². The number of anilines is 1. The molecule has 3 rings (SSSR count). The molecule has 4 nitrogen and oxygen atoms in total. The number of rotatable bonds is 4. The van der Waals surface area contributed by atoms with Crippen LogP contribution in [-0.4, -0.2) is 28.9 Å². The summed E-state index contributed by atoms with van der Waals surface area (Å²) in [5.41, 5.74) is 2.39. The summed E-state index contributed by atoms with van der Waals surface area (Å²) in [5.74, 6) is 0.576. The van der Waals surface area contributed by atoms with Gasteiger partial charge in [0, 0.05) is 36.5 Å². The first-order valence-electron chi connectivity index (χ1n) is 8.36. The number of amides is 1. The fraction of sp³-hybridized carbons (Fsp3) is 0.368. The average molecular weight is 344 g/mol. The molecule has 1 fully saturated rings. The van der Waals surface area contributed by atoms with Crippen molar-refractivity contribution in [1.82, 2.24) is 9.88 Å². The second kappa shape index (κ2) is 7.67. The van der Waals surface area contributed by atoms with Gasteiger partial charge in [-0.2, -0.15) is 0 Å². The number of carbonyl (C=O) groups excluding carboxylic acids is 1. The van der Waals surface area contributed by atoms with Crippen LogP contribution in [-0.2, 0) is 6.54 Å². The van der Waals surface area contributed by atoms with E-state index in [1.165, 1.54) is 6.42 Å². The monoisotopic (exact) mass is 343 g/mol. The zero-order chi connectivity index (χ0) is 16.9. The van der Waals surface area contributed by atoms with E-state index in [-0.39, 0.29) is 5.91 Å². The highest BCUT2D eigenvalue weighted by molar-refractivity contribution is 6.31. The quantitative estimate of drug-likeness (QED) is 0.904. The van der Waals surface area contributed by atoms with Crippen molar-refractivity contribution >= 4 is 23.2 Å². The lowest BCUT2D eigenvalue weighted by Crippen LogP contribution is -2.39. The average Bonchev–Trinajstić information content (AvgIpc) is 2.61. The van der Waals surface area contributed by atoms with Gasteiger partial charge in [0.25, 0.3) is 5.91 Å². The van der Waals surface area contributed by atoms with Gasteiger partial charge in [0.2, 0.25) is 0 Å². The van der Waals surface area contributed by atoms with E-state index in [0.29, 0.717) is 18.2 Å². The van der Waals surface area contributed by atoms with Gasteiger partial charge in [0.1, 0.15) is 5.69 Å². The number of carbonyl (C=O) groups is 1.